The first-order valence-electron chi connectivity index (χ1n) is 8.62. The van der Waals surface area contributed by atoms with Crippen LogP contribution in [0.3, 0.4) is 0 Å². The summed E-state index contributed by atoms with van der Waals surface area (Å²) < 4.78 is 5.58. The molecule has 1 aromatic rings. The first-order valence-corrected chi connectivity index (χ1v) is 8.62. The van der Waals surface area contributed by atoms with Gasteiger partial charge in [-0.05, 0) is 12.0 Å². The van der Waals surface area contributed by atoms with Crippen molar-refractivity contribution < 1.29 is 34.8 Å². The number of hydrogen-bond acceptors (Lipinski definition) is 7. The first kappa shape index (κ1) is 21.3. The number of benzene rings is 1. The van der Waals surface area contributed by atoms with E-state index < -0.39 is 54.4 Å². The minimum atomic E-state index is -1.95. The molecular weight excluding hydrogens is 356 g/mol. The largest absolute Gasteiger partial charge is 0.394 e. The van der Waals surface area contributed by atoms with Gasteiger partial charge < -0.3 is 35.8 Å². The van der Waals surface area contributed by atoms with Crippen molar-refractivity contribution >= 4 is 11.8 Å². The maximum Gasteiger partial charge on any atom is 0.238 e. The molecule has 0 aliphatic carbocycles. The lowest BCUT2D eigenvalue weighted by Gasteiger charge is -2.47. The summed E-state index contributed by atoms with van der Waals surface area (Å²) in [4.78, 5) is 25.8. The third kappa shape index (κ3) is 3.83. The summed E-state index contributed by atoms with van der Waals surface area (Å²) in [6.45, 7) is -0.662. The summed E-state index contributed by atoms with van der Waals surface area (Å²) in [7, 11) is 2.68. The second-order valence-corrected chi connectivity index (χ2v) is 6.54. The van der Waals surface area contributed by atoms with E-state index in [-0.39, 0.29) is 6.42 Å². The van der Waals surface area contributed by atoms with E-state index in [1.54, 1.807) is 30.3 Å². The van der Waals surface area contributed by atoms with Crippen molar-refractivity contribution in [3.63, 3.8) is 0 Å². The molecule has 1 aliphatic rings. The minimum Gasteiger partial charge on any atom is -0.394 e. The Morgan fingerprint density at radius 1 is 1.00 bits per heavy atom. The third-order valence-electron chi connectivity index (χ3n) is 4.97. The highest BCUT2D eigenvalue weighted by Crippen LogP contribution is 2.37. The summed E-state index contributed by atoms with van der Waals surface area (Å²) in [5, 5.41) is 45.0. The molecule has 1 saturated heterocycles. The van der Waals surface area contributed by atoms with Gasteiger partial charge in [0.15, 0.2) is 5.41 Å². The van der Waals surface area contributed by atoms with Gasteiger partial charge in [0.05, 0.1) is 6.61 Å². The third-order valence-corrected chi connectivity index (χ3v) is 4.97. The van der Waals surface area contributed by atoms with Gasteiger partial charge in [-0.1, -0.05) is 30.3 Å². The van der Waals surface area contributed by atoms with Gasteiger partial charge in [0.2, 0.25) is 11.8 Å². The van der Waals surface area contributed by atoms with Crippen LogP contribution in [0.25, 0.3) is 0 Å². The van der Waals surface area contributed by atoms with Gasteiger partial charge in [-0.2, -0.15) is 0 Å². The molecule has 1 fully saturated rings. The number of carbonyl (C=O) groups excluding carboxylic acids is 2. The van der Waals surface area contributed by atoms with E-state index in [0.717, 1.165) is 0 Å². The topological polar surface area (TPSA) is 148 Å². The molecule has 9 nitrogen and oxygen atoms in total. The summed E-state index contributed by atoms with van der Waals surface area (Å²) in [5.74, 6) is -1.45. The summed E-state index contributed by atoms with van der Waals surface area (Å²) in [6, 6.07) is 8.68. The van der Waals surface area contributed by atoms with Gasteiger partial charge in [-0.25, -0.2) is 0 Å². The Kier molecular flexibility index (Phi) is 6.90. The quantitative estimate of drug-likeness (QED) is 0.299. The molecule has 150 valence electrons. The monoisotopic (exact) mass is 382 g/mol. The fourth-order valence-corrected chi connectivity index (χ4v) is 3.50. The number of aliphatic hydroxyl groups excluding tert-OH is 4. The van der Waals surface area contributed by atoms with Crippen LogP contribution in [-0.4, -0.2) is 83.5 Å². The molecule has 9 heteroatoms. The van der Waals surface area contributed by atoms with Crippen molar-refractivity contribution in [3.8, 4) is 0 Å². The number of nitrogens with one attached hydrogen (secondary N) is 2. The molecule has 2 amide bonds. The molecule has 0 saturated carbocycles. The standard InChI is InChI=1S/C18H26N2O7/c1-19-16(25)18(17(26)20-2,8-10-6-4-3-5-7-10)15-14(24)13(23)12(22)11(9-21)27-15/h3-7,11-15,21-24H,8-9H2,1-2H3,(H,19,25)(H,20,26)/t11-,12-,13+,14-,15-/m1/s1. The zero-order valence-electron chi connectivity index (χ0n) is 15.2. The van der Waals surface area contributed by atoms with Crippen LogP contribution in [0, 0.1) is 5.41 Å². The van der Waals surface area contributed by atoms with E-state index in [1.807, 2.05) is 0 Å². The molecule has 27 heavy (non-hydrogen) atoms. The SMILES string of the molecule is CNC(=O)C(Cc1ccccc1)(C(=O)NC)[C@@H]1O[C@H](CO)[C@@H](O)[C@H](O)[C@H]1O. The van der Waals surface area contributed by atoms with Crippen LogP contribution in [0.2, 0.25) is 0 Å². The Labute approximate surface area is 157 Å². The lowest BCUT2D eigenvalue weighted by atomic mass is 9.70. The van der Waals surface area contributed by atoms with E-state index in [0.29, 0.717) is 5.56 Å². The zero-order chi connectivity index (χ0) is 20.2. The van der Waals surface area contributed by atoms with Crippen LogP contribution >= 0.6 is 0 Å². The second-order valence-electron chi connectivity index (χ2n) is 6.54. The average molecular weight is 382 g/mol. The smallest absolute Gasteiger partial charge is 0.238 e. The molecule has 5 atom stereocenters. The highest BCUT2D eigenvalue weighted by atomic mass is 16.5. The van der Waals surface area contributed by atoms with E-state index >= 15 is 0 Å². The molecule has 0 radical (unpaired) electrons. The van der Waals surface area contributed by atoms with Gasteiger partial charge in [-0.3, -0.25) is 9.59 Å². The van der Waals surface area contributed by atoms with E-state index in [9.17, 15) is 30.0 Å². The average Bonchev–Trinajstić information content (AvgIpc) is 2.70. The van der Waals surface area contributed by atoms with E-state index in [2.05, 4.69) is 10.6 Å². The zero-order valence-corrected chi connectivity index (χ0v) is 15.2. The summed E-state index contributed by atoms with van der Waals surface area (Å²) >= 11 is 0. The highest BCUT2D eigenvalue weighted by molar-refractivity contribution is 6.06. The normalized spacial score (nSPS) is 28.4. The number of carbonyl (C=O) groups is 2. The van der Waals surface area contributed by atoms with Gasteiger partial charge >= 0.3 is 0 Å². The van der Waals surface area contributed by atoms with Crippen molar-refractivity contribution in [1.29, 1.82) is 0 Å². The minimum absolute atomic E-state index is 0.129. The van der Waals surface area contributed by atoms with Crippen molar-refractivity contribution in [3.05, 3.63) is 35.9 Å². The maximum atomic E-state index is 12.9. The first-order chi connectivity index (χ1) is 12.8. The molecule has 1 aliphatic heterocycles. The fraction of sp³-hybridized carbons (Fsp3) is 0.556. The number of aliphatic hydroxyl groups is 4. The second kappa shape index (κ2) is 8.77. The predicted octanol–water partition coefficient (Wildman–Crippen LogP) is -2.45. The predicted molar refractivity (Wildman–Crippen MR) is 94.5 cm³/mol. The van der Waals surface area contributed by atoms with Crippen molar-refractivity contribution in [1.82, 2.24) is 10.6 Å². The van der Waals surface area contributed by atoms with Crippen LogP contribution in [0.5, 0.6) is 0 Å². The van der Waals surface area contributed by atoms with E-state index in [4.69, 9.17) is 4.74 Å². The van der Waals surface area contributed by atoms with Crippen LogP contribution in [0.1, 0.15) is 5.56 Å². The Morgan fingerprint density at radius 3 is 2.04 bits per heavy atom. The lowest BCUT2D eigenvalue weighted by molar-refractivity contribution is -0.252. The molecule has 0 unspecified atom stereocenters. The number of ether oxygens (including phenoxy) is 1. The number of rotatable bonds is 6. The fourth-order valence-electron chi connectivity index (χ4n) is 3.50. The van der Waals surface area contributed by atoms with Crippen LogP contribution in [0.4, 0.5) is 0 Å². The van der Waals surface area contributed by atoms with Crippen LogP contribution in [0.15, 0.2) is 30.3 Å². The molecule has 0 spiro atoms. The highest BCUT2D eigenvalue weighted by Gasteiger charge is 2.60. The van der Waals surface area contributed by atoms with Crippen LogP contribution in [-0.2, 0) is 20.7 Å². The Balaban J connectivity index is 2.59. The van der Waals surface area contributed by atoms with Gasteiger partial charge in [0.1, 0.15) is 30.5 Å². The van der Waals surface area contributed by atoms with E-state index in [1.165, 1.54) is 14.1 Å². The Hall–Kier alpha value is -2.04. The van der Waals surface area contributed by atoms with Crippen molar-refractivity contribution in [2.24, 2.45) is 5.41 Å². The summed E-state index contributed by atoms with van der Waals surface area (Å²) in [6.07, 6.45) is -7.90. The van der Waals surface area contributed by atoms with Gasteiger partial charge in [0.25, 0.3) is 0 Å². The van der Waals surface area contributed by atoms with Gasteiger partial charge in [-0.15, -0.1) is 0 Å². The van der Waals surface area contributed by atoms with Gasteiger partial charge in [0, 0.05) is 14.1 Å². The number of hydrogen-bond donors (Lipinski definition) is 6. The maximum absolute atomic E-state index is 12.9. The molecule has 0 aromatic heterocycles. The molecule has 0 bridgehead atoms. The molecule has 6 N–H and O–H groups in total. The Morgan fingerprint density at radius 2 is 1.56 bits per heavy atom. The molecule has 1 heterocycles. The number of amides is 2. The van der Waals surface area contributed by atoms with Crippen LogP contribution < -0.4 is 10.6 Å². The van der Waals surface area contributed by atoms with Crippen molar-refractivity contribution in [2.75, 3.05) is 20.7 Å². The summed E-state index contributed by atoms with van der Waals surface area (Å²) in [5.41, 5.74) is -1.32. The lowest BCUT2D eigenvalue weighted by Crippen LogP contribution is -2.69. The molecule has 1 aromatic carbocycles. The molecular formula is C18H26N2O7. The Bertz CT molecular complexity index is 636. The molecule has 2 rings (SSSR count). The van der Waals surface area contributed by atoms with Crippen molar-refractivity contribution in [2.45, 2.75) is 36.9 Å².